The number of amides is 4. The van der Waals surface area contributed by atoms with Gasteiger partial charge in [0.15, 0.2) is 17.4 Å². The maximum Gasteiger partial charge on any atom is 0.358 e. The van der Waals surface area contributed by atoms with Gasteiger partial charge >= 0.3 is 12.0 Å². The van der Waals surface area contributed by atoms with Crippen molar-refractivity contribution in [2.24, 2.45) is 0 Å². The third-order valence-corrected chi connectivity index (χ3v) is 4.51. The molecule has 0 saturated carbocycles. The number of anilines is 1. The van der Waals surface area contributed by atoms with E-state index >= 15 is 0 Å². The van der Waals surface area contributed by atoms with Crippen LogP contribution in [0.4, 0.5) is 9.93 Å². The molecule has 0 fully saturated rings. The summed E-state index contributed by atoms with van der Waals surface area (Å²) in [6.45, 7) is 1.07. The van der Waals surface area contributed by atoms with Crippen LogP contribution >= 0.6 is 22.7 Å². The second-order valence-corrected chi connectivity index (χ2v) is 6.82. The van der Waals surface area contributed by atoms with E-state index in [-0.39, 0.29) is 16.7 Å². The first-order chi connectivity index (χ1) is 12.4. The molecule has 0 aromatic carbocycles. The molecule has 3 N–H and O–H groups in total. The summed E-state index contributed by atoms with van der Waals surface area (Å²) in [6, 6.07) is 3.20. The number of thiophene rings is 1. The lowest BCUT2D eigenvalue weighted by atomic mass is 10.3. The summed E-state index contributed by atoms with van der Waals surface area (Å²) >= 11 is 2.63. The Labute approximate surface area is 156 Å². The number of thiazole rings is 1. The summed E-state index contributed by atoms with van der Waals surface area (Å²) < 4.78 is 4.77. The van der Waals surface area contributed by atoms with Crippen molar-refractivity contribution in [1.29, 1.82) is 0 Å². The quantitative estimate of drug-likeness (QED) is 0.607. The van der Waals surface area contributed by atoms with E-state index in [1.165, 1.54) is 12.3 Å². The molecule has 2 heterocycles. The molecule has 9 nitrogen and oxygen atoms in total. The number of nitrogens with zero attached hydrogens (tertiary/aromatic N) is 1. The van der Waals surface area contributed by atoms with Gasteiger partial charge in [0.25, 0.3) is 5.91 Å². The van der Waals surface area contributed by atoms with Crippen molar-refractivity contribution in [2.45, 2.75) is 13.3 Å². The van der Waals surface area contributed by atoms with E-state index in [1.807, 2.05) is 17.5 Å². The van der Waals surface area contributed by atoms with Crippen LogP contribution in [0.5, 0.6) is 0 Å². The van der Waals surface area contributed by atoms with Gasteiger partial charge in [-0.2, -0.15) is 0 Å². The average Bonchev–Trinajstić information content (AvgIpc) is 3.24. The van der Waals surface area contributed by atoms with Crippen LogP contribution in [0.2, 0.25) is 0 Å². The van der Waals surface area contributed by atoms with Crippen molar-refractivity contribution in [3.63, 3.8) is 0 Å². The fourth-order valence-electron chi connectivity index (χ4n) is 1.74. The topological polar surface area (TPSA) is 126 Å². The molecule has 4 amide bonds. The van der Waals surface area contributed by atoms with Crippen molar-refractivity contribution in [2.75, 3.05) is 18.5 Å². The number of carbonyl (C=O) groups excluding carboxylic acids is 4. The average molecular weight is 396 g/mol. The zero-order valence-electron chi connectivity index (χ0n) is 13.7. The van der Waals surface area contributed by atoms with Gasteiger partial charge < -0.3 is 15.4 Å². The molecule has 0 radical (unpaired) electrons. The zero-order valence-corrected chi connectivity index (χ0v) is 15.4. The fourth-order valence-corrected chi connectivity index (χ4v) is 3.18. The van der Waals surface area contributed by atoms with Gasteiger partial charge in [0, 0.05) is 23.7 Å². The van der Waals surface area contributed by atoms with E-state index in [9.17, 15) is 19.2 Å². The number of hydrogen-bond donors (Lipinski definition) is 3. The van der Waals surface area contributed by atoms with Crippen LogP contribution in [0, 0.1) is 0 Å². The van der Waals surface area contributed by atoms with E-state index < -0.39 is 24.5 Å². The summed E-state index contributed by atoms with van der Waals surface area (Å²) in [6.07, 6.45) is 0.661. The monoisotopic (exact) mass is 396 g/mol. The van der Waals surface area contributed by atoms with Crippen molar-refractivity contribution in [3.05, 3.63) is 33.5 Å². The lowest BCUT2D eigenvalue weighted by Gasteiger charge is -2.06. The Morgan fingerprint density at radius 1 is 1.23 bits per heavy atom. The number of rotatable bonds is 7. The molecule has 2 rings (SSSR count). The Balaban J connectivity index is 1.67. The first-order valence-corrected chi connectivity index (χ1v) is 9.20. The van der Waals surface area contributed by atoms with Crippen molar-refractivity contribution in [1.82, 2.24) is 15.6 Å². The highest BCUT2D eigenvalue weighted by Crippen LogP contribution is 2.15. The summed E-state index contributed by atoms with van der Waals surface area (Å²) in [5.41, 5.74) is -0.0352. The molecule has 2 aromatic rings. The minimum atomic E-state index is -0.828. The Kier molecular flexibility index (Phi) is 7.24. The zero-order chi connectivity index (χ0) is 18.9. The number of nitrogens with one attached hydrogen (secondary N) is 3. The molecule has 0 atom stereocenters. The molecule has 0 saturated heterocycles. The molecular formula is C15H16N4O5S2. The van der Waals surface area contributed by atoms with Gasteiger partial charge in [-0.25, -0.2) is 14.6 Å². The van der Waals surface area contributed by atoms with Gasteiger partial charge in [-0.05, 0) is 17.9 Å². The highest BCUT2D eigenvalue weighted by Gasteiger charge is 2.15. The molecule has 0 unspecified atom stereocenters. The minimum absolute atomic E-state index is 0.0352. The molecule has 2 aromatic heterocycles. The number of urea groups is 1. The van der Waals surface area contributed by atoms with E-state index in [0.29, 0.717) is 13.0 Å². The van der Waals surface area contributed by atoms with E-state index in [4.69, 9.17) is 4.74 Å². The molecule has 0 spiro atoms. The van der Waals surface area contributed by atoms with Crippen LogP contribution in [0.3, 0.4) is 0 Å². The number of carbonyl (C=O) groups is 4. The molecule has 0 aliphatic carbocycles. The van der Waals surface area contributed by atoms with Gasteiger partial charge in [0.1, 0.15) is 0 Å². The largest absolute Gasteiger partial charge is 0.451 e. The SMILES string of the molecule is CC(=O)Nc1nc(C(=O)OCC(=O)NC(=O)NCCc2cccs2)cs1. The molecule has 0 aliphatic rings. The summed E-state index contributed by atoms with van der Waals surface area (Å²) in [5.74, 6) is -1.90. The van der Waals surface area contributed by atoms with E-state index in [1.54, 1.807) is 11.3 Å². The minimum Gasteiger partial charge on any atom is -0.451 e. The highest BCUT2D eigenvalue weighted by molar-refractivity contribution is 7.14. The lowest BCUT2D eigenvalue weighted by Crippen LogP contribution is -2.42. The number of esters is 1. The van der Waals surface area contributed by atoms with Gasteiger partial charge in [-0.1, -0.05) is 6.07 Å². The molecule has 0 bridgehead atoms. The van der Waals surface area contributed by atoms with E-state index in [2.05, 4.69) is 20.9 Å². The fraction of sp³-hybridized carbons (Fsp3) is 0.267. The molecule has 0 aliphatic heterocycles. The Hall–Kier alpha value is -2.79. The summed E-state index contributed by atoms with van der Waals surface area (Å²) in [4.78, 5) is 50.8. The normalized spacial score (nSPS) is 10.0. The van der Waals surface area contributed by atoms with Gasteiger partial charge in [0.2, 0.25) is 5.91 Å². The number of imide groups is 1. The maximum atomic E-state index is 11.8. The standard InChI is InChI=1S/C15H16N4O5S2/c1-9(20)17-15-18-11(8-26-15)13(22)24-7-12(21)19-14(23)16-5-4-10-3-2-6-25-10/h2-3,6,8H,4-5,7H2,1H3,(H,17,18,20)(H2,16,19,21,23). The molecule has 11 heteroatoms. The number of ether oxygens (including phenoxy) is 1. The predicted molar refractivity (Wildman–Crippen MR) is 96.3 cm³/mol. The van der Waals surface area contributed by atoms with Crippen LogP contribution in [-0.4, -0.2) is 42.0 Å². The predicted octanol–water partition coefficient (Wildman–Crippen LogP) is 1.39. The lowest BCUT2D eigenvalue weighted by molar-refractivity contribution is -0.123. The Morgan fingerprint density at radius 2 is 2.04 bits per heavy atom. The molecular weight excluding hydrogens is 380 g/mol. The van der Waals surface area contributed by atoms with Crippen LogP contribution in [-0.2, 0) is 20.7 Å². The third kappa shape index (κ3) is 6.61. The van der Waals surface area contributed by atoms with Gasteiger partial charge in [0.05, 0.1) is 0 Å². The van der Waals surface area contributed by atoms with Crippen molar-refractivity contribution >= 4 is 51.6 Å². The molecule has 26 heavy (non-hydrogen) atoms. The second kappa shape index (κ2) is 9.63. The third-order valence-electron chi connectivity index (χ3n) is 2.82. The first-order valence-electron chi connectivity index (χ1n) is 7.44. The van der Waals surface area contributed by atoms with Gasteiger partial charge in [-0.15, -0.1) is 22.7 Å². The summed E-state index contributed by atoms with van der Waals surface area (Å²) in [5, 5.41) is 10.6. The second-order valence-electron chi connectivity index (χ2n) is 4.93. The Bertz CT molecular complexity index is 788. The smallest absolute Gasteiger partial charge is 0.358 e. The van der Waals surface area contributed by atoms with Crippen LogP contribution < -0.4 is 16.0 Å². The van der Waals surface area contributed by atoms with Crippen LogP contribution in [0.15, 0.2) is 22.9 Å². The van der Waals surface area contributed by atoms with Crippen LogP contribution in [0.1, 0.15) is 22.3 Å². The van der Waals surface area contributed by atoms with Crippen molar-refractivity contribution in [3.8, 4) is 0 Å². The highest BCUT2D eigenvalue weighted by atomic mass is 32.1. The summed E-state index contributed by atoms with van der Waals surface area (Å²) in [7, 11) is 0. The molecule has 138 valence electrons. The first kappa shape index (κ1) is 19.5. The van der Waals surface area contributed by atoms with E-state index in [0.717, 1.165) is 16.2 Å². The van der Waals surface area contributed by atoms with Gasteiger partial charge in [-0.3, -0.25) is 14.9 Å². The van der Waals surface area contributed by atoms with Crippen LogP contribution in [0.25, 0.3) is 0 Å². The number of aromatic nitrogens is 1. The Morgan fingerprint density at radius 3 is 2.73 bits per heavy atom. The number of hydrogen-bond acceptors (Lipinski definition) is 8. The van der Waals surface area contributed by atoms with Crippen molar-refractivity contribution < 1.29 is 23.9 Å². The maximum absolute atomic E-state index is 11.8.